The molecule has 2 heteroatoms. The van der Waals surface area contributed by atoms with Gasteiger partial charge in [-0.25, -0.2) is 0 Å². The number of unbranched alkanes of at least 4 members (excludes halogenated alkanes) is 3. The summed E-state index contributed by atoms with van der Waals surface area (Å²) in [6.45, 7) is 11.9. The van der Waals surface area contributed by atoms with Gasteiger partial charge in [-0.05, 0) is 37.6 Å². The Balaban J connectivity index is 3.28. The second-order valence-corrected chi connectivity index (χ2v) is 5.76. The Kier molecular flexibility index (Phi) is 8.58. The Hall–Kier alpha value is -0.340. The van der Waals surface area contributed by atoms with E-state index in [1.165, 1.54) is 19.3 Å². The monoisotopic (exact) mass is 227 g/mol. The topological polar surface area (TPSA) is 32.3 Å². The van der Waals surface area contributed by atoms with Crippen molar-refractivity contribution in [1.82, 2.24) is 5.32 Å². The third kappa shape index (κ3) is 11.7. The molecule has 2 nitrogen and oxygen atoms in total. The molecule has 0 rings (SSSR count). The maximum Gasteiger partial charge on any atom is 0.0669 e. The summed E-state index contributed by atoms with van der Waals surface area (Å²) in [6, 6.07) is 0. The van der Waals surface area contributed by atoms with Gasteiger partial charge in [0.2, 0.25) is 0 Å². The lowest BCUT2D eigenvalue weighted by Gasteiger charge is -2.22. The highest BCUT2D eigenvalue weighted by Gasteiger charge is 2.15. The van der Waals surface area contributed by atoms with Gasteiger partial charge >= 0.3 is 0 Å². The largest absolute Gasteiger partial charge is 0.392 e. The molecule has 96 valence electrons. The van der Waals surface area contributed by atoms with Crippen LogP contribution < -0.4 is 5.32 Å². The molecule has 1 atom stereocenters. The zero-order valence-corrected chi connectivity index (χ0v) is 11.3. The molecule has 0 amide bonds. The van der Waals surface area contributed by atoms with Gasteiger partial charge in [-0.1, -0.05) is 33.3 Å². The average molecular weight is 227 g/mol. The third-order valence-corrected chi connectivity index (χ3v) is 2.49. The van der Waals surface area contributed by atoms with Crippen molar-refractivity contribution in [2.45, 2.75) is 59.0 Å². The molecule has 0 fully saturated rings. The summed E-state index contributed by atoms with van der Waals surface area (Å²) in [5.41, 5.74) is 0.213. The maximum absolute atomic E-state index is 9.75. The third-order valence-electron chi connectivity index (χ3n) is 2.49. The molecular weight excluding hydrogens is 198 g/mol. The summed E-state index contributed by atoms with van der Waals surface area (Å²) in [5, 5.41) is 13.1. The quantitative estimate of drug-likeness (QED) is 0.468. The zero-order chi connectivity index (χ0) is 12.4. The Labute approximate surface area is 101 Å². The van der Waals surface area contributed by atoms with E-state index in [9.17, 15) is 5.11 Å². The predicted octanol–water partition coefficient (Wildman–Crippen LogP) is 3.12. The molecule has 0 aromatic rings. The smallest absolute Gasteiger partial charge is 0.0669 e. The van der Waals surface area contributed by atoms with Crippen LogP contribution in [0.5, 0.6) is 0 Å². The summed E-state index contributed by atoms with van der Waals surface area (Å²) in [4.78, 5) is 0. The minimum absolute atomic E-state index is 0.213. The van der Waals surface area contributed by atoms with Gasteiger partial charge in [0.15, 0.2) is 0 Å². The first-order chi connectivity index (χ1) is 7.45. The van der Waals surface area contributed by atoms with Crippen molar-refractivity contribution in [3.8, 4) is 0 Å². The van der Waals surface area contributed by atoms with E-state index in [1.54, 1.807) is 0 Å². The van der Waals surface area contributed by atoms with Crippen LogP contribution in [0.2, 0.25) is 0 Å². The van der Waals surface area contributed by atoms with Crippen molar-refractivity contribution in [2.24, 2.45) is 5.41 Å². The highest BCUT2D eigenvalue weighted by atomic mass is 16.3. The van der Waals surface area contributed by atoms with Gasteiger partial charge in [-0.15, -0.1) is 6.58 Å². The van der Waals surface area contributed by atoms with E-state index in [0.717, 1.165) is 25.9 Å². The van der Waals surface area contributed by atoms with E-state index in [1.807, 2.05) is 6.08 Å². The van der Waals surface area contributed by atoms with Gasteiger partial charge in [0.05, 0.1) is 6.10 Å². The summed E-state index contributed by atoms with van der Waals surface area (Å²) < 4.78 is 0. The summed E-state index contributed by atoms with van der Waals surface area (Å²) in [6.07, 6.45) is 7.40. The van der Waals surface area contributed by atoms with E-state index in [0.29, 0.717) is 0 Å². The van der Waals surface area contributed by atoms with Crippen LogP contribution >= 0.6 is 0 Å². The van der Waals surface area contributed by atoms with E-state index in [4.69, 9.17) is 0 Å². The first-order valence-electron chi connectivity index (χ1n) is 6.45. The molecule has 16 heavy (non-hydrogen) atoms. The lowest BCUT2D eigenvalue weighted by atomic mass is 9.89. The standard InChI is InChI=1S/C14H29NO/c1-5-6-7-8-9-10-15-12-13(16)11-14(2,3)4/h5,13,15-16H,1,6-12H2,2-4H3. The van der Waals surface area contributed by atoms with Crippen LogP contribution in [0.3, 0.4) is 0 Å². The second kappa shape index (κ2) is 8.77. The van der Waals surface area contributed by atoms with E-state index in [2.05, 4.69) is 32.7 Å². The SMILES string of the molecule is C=CCCCCCNCC(O)CC(C)(C)C. The van der Waals surface area contributed by atoms with Crippen LogP contribution in [0.4, 0.5) is 0 Å². The van der Waals surface area contributed by atoms with Crippen molar-refractivity contribution in [1.29, 1.82) is 0 Å². The van der Waals surface area contributed by atoms with Crippen LogP contribution in [0.15, 0.2) is 12.7 Å². The van der Waals surface area contributed by atoms with E-state index < -0.39 is 0 Å². The van der Waals surface area contributed by atoms with Gasteiger partial charge < -0.3 is 10.4 Å². The molecule has 0 aromatic heterocycles. The van der Waals surface area contributed by atoms with Crippen molar-refractivity contribution in [3.63, 3.8) is 0 Å². The minimum Gasteiger partial charge on any atom is -0.392 e. The number of hydrogen-bond acceptors (Lipinski definition) is 2. The average Bonchev–Trinajstić information content (AvgIpc) is 2.13. The van der Waals surface area contributed by atoms with E-state index in [-0.39, 0.29) is 11.5 Å². The molecule has 0 aliphatic heterocycles. The Morgan fingerprint density at radius 1 is 1.25 bits per heavy atom. The number of aliphatic hydroxyl groups is 1. The fraction of sp³-hybridized carbons (Fsp3) is 0.857. The molecular formula is C14H29NO. The van der Waals surface area contributed by atoms with Gasteiger partial charge in [0, 0.05) is 6.54 Å². The van der Waals surface area contributed by atoms with Crippen molar-refractivity contribution < 1.29 is 5.11 Å². The molecule has 2 N–H and O–H groups in total. The fourth-order valence-corrected chi connectivity index (χ4v) is 1.76. The van der Waals surface area contributed by atoms with Crippen molar-refractivity contribution >= 4 is 0 Å². The fourth-order valence-electron chi connectivity index (χ4n) is 1.76. The first kappa shape index (κ1) is 15.7. The molecule has 1 unspecified atom stereocenters. The van der Waals surface area contributed by atoms with Crippen LogP contribution in [0.1, 0.15) is 52.9 Å². The lowest BCUT2D eigenvalue weighted by molar-refractivity contribution is 0.120. The van der Waals surface area contributed by atoms with Gasteiger partial charge in [-0.2, -0.15) is 0 Å². The zero-order valence-electron chi connectivity index (χ0n) is 11.3. The molecule has 0 spiro atoms. The molecule has 0 aliphatic rings. The Bertz CT molecular complexity index is 172. The van der Waals surface area contributed by atoms with Gasteiger partial charge in [0.1, 0.15) is 0 Å². The van der Waals surface area contributed by atoms with Gasteiger partial charge in [-0.3, -0.25) is 0 Å². The molecule has 0 saturated carbocycles. The van der Waals surface area contributed by atoms with Crippen LogP contribution in [-0.2, 0) is 0 Å². The summed E-state index contributed by atoms with van der Waals surface area (Å²) in [7, 11) is 0. The summed E-state index contributed by atoms with van der Waals surface area (Å²) in [5.74, 6) is 0. The molecule has 0 radical (unpaired) electrons. The molecule has 0 aliphatic carbocycles. The van der Waals surface area contributed by atoms with E-state index >= 15 is 0 Å². The Morgan fingerprint density at radius 3 is 2.50 bits per heavy atom. The normalized spacial score (nSPS) is 13.8. The number of aliphatic hydroxyl groups excluding tert-OH is 1. The van der Waals surface area contributed by atoms with Crippen LogP contribution in [-0.4, -0.2) is 24.3 Å². The maximum atomic E-state index is 9.75. The van der Waals surface area contributed by atoms with Crippen molar-refractivity contribution in [2.75, 3.05) is 13.1 Å². The number of nitrogens with one attached hydrogen (secondary N) is 1. The summed E-state index contributed by atoms with van der Waals surface area (Å²) >= 11 is 0. The highest BCUT2D eigenvalue weighted by molar-refractivity contribution is 4.70. The second-order valence-electron chi connectivity index (χ2n) is 5.76. The van der Waals surface area contributed by atoms with Crippen molar-refractivity contribution in [3.05, 3.63) is 12.7 Å². The van der Waals surface area contributed by atoms with Crippen LogP contribution in [0, 0.1) is 5.41 Å². The molecule has 0 aromatic carbocycles. The number of allylic oxidation sites excluding steroid dienone is 1. The predicted molar refractivity (Wildman–Crippen MR) is 71.6 cm³/mol. The van der Waals surface area contributed by atoms with Gasteiger partial charge in [0.25, 0.3) is 0 Å². The molecule has 0 saturated heterocycles. The lowest BCUT2D eigenvalue weighted by Crippen LogP contribution is -2.30. The number of rotatable bonds is 9. The molecule has 0 heterocycles. The first-order valence-corrected chi connectivity index (χ1v) is 6.45. The number of hydrogen-bond donors (Lipinski definition) is 2. The highest BCUT2D eigenvalue weighted by Crippen LogP contribution is 2.20. The molecule has 0 bridgehead atoms. The minimum atomic E-state index is -0.215. The Morgan fingerprint density at radius 2 is 1.94 bits per heavy atom. The van der Waals surface area contributed by atoms with Crippen LogP contribution in [0.25, 0.3) is 0 Å².